The molecule has 0 saturated carbocycles. The Labute approximate surface area is 99.3 Å². The molecule has 1 N–H and O–H groups in total. The van der Waals surface area contributed by atoms with Gasteiger partial charge >= 0.3 is 0 Å². The van der Waals surface area contributed by atoms with E-state index in [1.54, 1.807) is 11.3 Å². The molecule has 0 aliphatic carbocycles. The van der Waals surface area contributed by atoms with E-state index in [4.69, 9.17) is 0 Å². The molecular weight excluding hydrogens is 220 g/mol. The first-order chi connectivity index (χ1) is 7.78. The zero-order valence-corrected chi connectivity index (χ0v) is 10.4. The van der Waals surface area contributed by atoms with E-state index in [2.05, 4.69) is 27.7 Å². The minimum absolute atomic E-state index is 0.905. The average molecular weight is 236 g/mol. The van der Waals surface area contributed by atoms with Gasteiger partial charge in [0.15, 0.2) is 5.13 Å². The molecule has 2 rings (SSSR count). The first-order valence-electron chi connectivity index (χ1n) is 5.43. The third kappa shape index (κ3) is 2.82. The van der Waals surface area contributed by atoms with Gasteiger partial charge in [-0.3, -0.25) is 4.68 Å². The van der Waals surface area contributed by atoms with E-state index < -0.39 is 0 Å². The fourth-order valence-corrected chi connectivity index (χ4v) is 2.29. The van der Waals surface area contributed by atoms with Crippen molar-refractivity contribution in [3.05, 3.63) is 29.0 Å². The molecule has 5 heteroatoms. The van der Waals surface area contributed by atoms with Crippen LogP contribution in [-0.2, 0) is 19.9 Å². The minimum Gasteiger partial charge on any atom is -0.361 e. The monoisotopic (exact) mass is 236 g/mol. The van der Waals surface area contributed by atoms with Crippen molar-refractivity contribution in [2.75, 3.05) is 11.9 Å². The molecule has 0 aliphatic rings. The molecule has 86 valence electrons. The van der Waals surface area contributed by atoms with Crippen molar-refractivity contribution in [1.29, 1.82) is 0 Å². The maximum atomic E-state index is 4.45. The van der Waals surface area contributed by atoms with Gasteiger partial charge in [-0.15, -0.1) is 11.3 Å². The fourth-order valence-electron chi connectivity index (χ4n) is 1.47. The molecule has 2 aromatic heterocycles. The van der Waals surface area contributed by atoms with Crippen LogP contribution in [-0.4, -0.2) is 21.3 Å². The number of nitrogens with one attached hydrogen (secondary N) is 1. The van der Waals surface area contributed by atoms with Crippen molar-refractivity contribution >= 4 is 16.5 Å². The average Bonchev–Trinajstić information content (AvgIpc) is 2.88. The Morgan fingerprint density at radius 3 is 3.00 bits per heavy atom. The third-order valence-corrected chi connectivity index (χ3v) is 3.21. The molecule has 0 aliphatic heterocycles. The Morgan fingerprint density at radius 2 is 2.38 bits per heavy atom. The Kier molecular flexibility index (Phi) is 3.56. The molecule has 0 fully saturated rings. The molecule has 0 radical (unpaired) electrons. The molecule has 2 heterocycles. The van der Waals surface area contributed by atoms with Gasteiger partial charge in [0.05, 0.1) is 11.9 Å². The zero-order chi connectivity index (χ0) is 11.4. The van der Waals surface area contributed by atoms with E-state index >= 15 is 0 Å². The SMILES string of the molecule is CCc1csc(NCCc2cnn(C)c2)n1. The van der Waals surface area contributed by atoms with E-state index in [1.165, 1.54) is 5.56 Å². The lowest BCUT2D eigenvalue weighted by Crippen LogP contribution is -2.04. The Morgan fingerprint density at radius 1 is 1.50 bits per heavy atom. The Hall–Kier alpha value is -1.36. The first kappa shape index (κ1) is 11.1. The number of aryl methyl sites for hydroxylation is 2. The van der Waals surface area contributed by atoms with Gasteiger partial charge in [0, 0.05) is 25.2 Å². The lowest BCUT2D eigenvalue weighted by Gasteiger charge is -1.99. The standard InChI is InChI=1S/C11H16N4S/c1-3-10-8-16-11(14-10)12-5-4-9-6-13-15(2)7-9/h6-8H,3-5H2,1-2H3,(H,12,14). The summed E-state index contributed by atoms with van der Waals surface area (Å²) in [6.45, 7) is 3.02. The van der Waals surface area contributed by atoms with Crippen LogP contribution >= 0.6 is 11.3 Å². The second-order valence-electron chi connectivity index (χ2n) is 3.70. The molecule has 0 unspecified atom stereocenters. The number of hydrogen-bond donors (Lipinski definition) is 1. The predicted molar refractivity (Wildman–Crippen MR) is 66.9 cm³/mol. The van der Waals surface area contributed by atoms with E-state index in [1.807, 2.05) is 24.1 Å². The second kappa shape index (κ2) is 5.12. The van der Waals surface area contributed by atoms with Gasteiger partial charge in [0.1, 0.15) is 0 Å². The van der Waals surface area contributed by atoms with E-state index in [0.717, 1.165) is 30.2 Å². The molecular formula is C11H16N4S. The highest BCUT2D eigenvalue weighted by Crippen LogP contribution is 2.15. The van der Waals surface area contributed by atoms with Crippen LogP contribution in [0.25, 0.3) is 0 Å². The highest BCUT2D eigenvalue weighted by Gasteiger charge is 2.00. The molecule has 0 saturated heterocycles. The molecule has 0 bridgehead atoms. The van der Waals surface area contributed by atoms with E-state index in [9.17, 15) is 0 Å². The second-order valence-corrected chi connectivity index (χ2v) is 4.55. The first-order valence-corrected chi connectivity index (χ1v) is 6.31. The van der Waals surface area contributed by atoms with Crippen LogP contribution in [0.15, 0.2) is 17.8 Å². The number of aromatic nitrogens is 3. The summed E-state index contributed by atoms with van der Waals surface area (Å²) in [5.41, 5.74) is 2.41. The minimum atomic E-state index is 0.905. The van der Waals surface area contributed by atoms with E-state index in [-0.39, 0.29) is 0 Å². The number of rotatable bonds is 5. The summed E-state index contributed by atoms with van der Waals surface area (Å²) in [6, 6.07) is 0. The molecule has 0 atom stereocenters. The van der Waals surface area contributed by atoms with Gasteiger partial charge in [0.25, 0.3) is 0 Å². The quantitative estimate of drug-likeness (QED) is 0.864. The van der Waals surface area contributed by atoms with Crippen molar-refractivity contribution in [1.82, 2.24) is 14.8 Å². The molecule has 0 amide bonds. The maximum Gasteiger partial charge on any atom is 0.182 e. The van der Waals surface area contributed by atoms with Gasteiger partial charge in [-0.25, -0.2) is 4.98 Å². The van der Waals surface area contributed by atoms with Crippen molar-refractivity contribution in [3.8, 4) is 0 Å². The van der Waals surface area contributed by atoms with Gasteiger partial charge < -0.3 is 5.32 Å². The maximum absolute atomic E-state index is 4.45. The van der Waals surface area contributed by atoms with Gasteiger partial charge in [-0.1, -0.05) is 6.92 Å². The number of nitrogens with zero attached hydrogens (tertiary/aromatic N) is 3. The van der Waals surface area contributed by atoms with Gasteiger partial charge in [0.2, 0.25) is 0 Å². The molecule has 2 aromatic rings. The number of hydrogen-bond acceptors (Lipinski definition) is 4. The normalized spacial score (nSPS) is 10.6. The van der Waals surface area contributed by atoms with Crippen molar-refractivity contribution in [2.24, 2.45) is 7.05 Å². The topological polar surface area (TPSA) is 42.7 Å². The van der Waals surface area contributed by atoms with Crippen LogP contribution in [0.4, 0.5) is 5.13 Å². The third-order valence-electron chi connectivity index (χ3n) is 2.36. The van der Waals surface area contributed by atoms with Crippen LogP contribution in [0.5, 0.6) is 0 Å². The van der Waals surface area contributed by atoms with Crippen LogP contribution in [0.2, 0.25) is 0 Å². The number of anilines is 1. The zero-order valence-electron chi connectivity index (χ0n) is 9.60. The summed E-state index contributed by atoms with van der Waals surface area (Å²) in [7, 11) is 1.94. The Balaban J connectivity index is 1.79. The lowest BCUT2D eigenvalue weighted by molar-refractivity contribution is 0.767. The van der Waals surface area contributed by atoms with Crippen LogP contribution in [0.3, 0.4) is 0 Å². The smallest absolute Gasteiger partial charge is 0.182 e. The molecule has 0 aromatic carbocycles. The fraction of sp³-hybridized carbons (Fsp3) is 0.455. The van der Waals surface area contributed by atoms with Gasteiger partial charge in [-0.2, -0.15) is 5.10 Å². The Bertz CT molecular complexity index is 446. The highest BCUT2D eigenvalue weighted by molar-refractivity contribution is 7.13. The van der Waals surface area contributed by atoms with Crippen molar-refractivity contribution < 1.29 is 0 Å². The number of thiazole rings is 1. The van der Waals surface area contributed by atoms with Crippen molar-refractivity contribution in [3.63, 3.8) is 0 Å². The highest BCUT2D eigenvalue weighted by atomic mass is 32.1. The van der Waals surface area contributed by atoms with Crippen LogP contribution in [0.1, 0.15) is 18.2 Å². The summed E-state index contributed by atoms with van der Waals surface area (Å²) in [5, 5.41) is 10.6. The van der Waals surface area contributed by atoms with Crippen molar-refractivity contribution in [2.45, 2.75) is 19.8 Å². The predicted octanol–water partition coefficient (Wildman–Crippen LogP) is 2.09. The molecule has 16 heavy (non-hydrogen) atoms. The van der Waals surface area contributed by atoms with Crippen LogP contribution < -0.4 is 5.32 Å². The summed E-state index contributed by atoms with van der Waals surface area (Å²) >= 11 is 1.67. The summed E-state index contributed by atoms with van der Waals surface area (Å²) in [5.74, 6) is 0. The lowest BCUT2D eigenvalue weighted by atomic mass is 10.2. The van der Waals surface area contributed by atoms with Gasteiger partial charge in [-0.05, 0) is 18.4 Å². The summed E-state index contributed by atoms with van der Waals surface area (Å²) in [6.07, 6.45) is 5.93. The van der Waals surface area contributed by atoms with Crippen LogP contribution in [0, 0.1) is 0 Å². The molecule has 0 spiro atoms. The largest absolute Gasteiger partial charge is 0.361 e. The van der Waals surface area contributed by atoms with E-state index in [0.29, 0.717) is 0 Å². The summed E-state index contributed by atoms with van der Waals surface area (Å²) < 4.78 is 1.83. The molecule has 4 nitrogen and oxygen atoms in total. The summed E-state index contributed by atoms with van der Waals surface area (Å²) in [4.78, 5) is 4.45.